The fourth-order valence-corrected chi connectivity index (χ4v) is 3.64. The van der Waals surface area contributed by atoms with E-state index in [1.165, 1.54) is 16.4 Å². The van der Waals surface area contributed by atoms with Gasteiger partial charge in [-0.25, -0.2) is 13.2 Å². The summed E-state index contributed by atoms with van der Waals surface area (Å²) in [6.07, 6.45) is 4.97. The first-order valence-electron chi connectivity index (χ1n) is 6.48. The topological polar surface area (TPSA) is 74.7 Å². The molecular formula is C14H17NO4S. The predicted molar refractivity (Wildman–Crippen MR) is 75.3 cm³/mol. The lowest BCUT2D eigenvalue weighted by Gasteiger charge is -2.23. The van der Waals surface area contributed by atoms with Crippen molar-refractivity contribution in [2.75, 3.05) is 13.1 Å². The minimum Gasteiger partial charge on any atom is -0.478 e. The van der Waals surface area contributed by atoms with Crippen LogP contribution in [0.3, 0.4) is 0 Å². The number of rotatable bonds is 4. The van der Waals surface area contributed by atoms with Crippen molar-refractivity contribution in [3.8, 4) is 0 Å². The first kappa shape index (κ1) is 14.7. The van der Waals surface area contributed by atoms with Crippen molar-refractivity contribution < 1.29 is 18.3 Å². The van der Waals surface area contributed by atoms with Gasteiger partial charge in [0.25, 0.3) is 0 Å². The van der Waals surface area contributed by atoms with E-state index in [1.54, 1.807) is 12.1 Å². The number of hydrogen-bond donors (Lipinski definition) is 1. The molecule has 0 spiro atoms. The van der Waals surface area contributed by atoms with Crippen molar-refractivity contribution in [1.82, 2.24) is 4.31 Å². The number of aryl methyl sites for hydroxylation is 1. The highest BCUT2D eigenvalue weighted by atomic mass is 32.2. The zero-order chi connectivity index (χ0) is 14.8. The van der Waals surface area contributed by atoms with E-state index in [0.717, 1.165) is 0 Å². The molecule has 1 aromatic carbocycles. The van der Waals surface area contributed by atoms with Crippen LogP contribution in [0.25, 0.3) is 0 Å². The lowest BCUT2D eigenvalue weighted by atomic mass is 10.1. The van der Waals surface area contributed by atoms with Gasteiger partial charge in [-0.3, -0.25) is 0 Å². The molecule has 0 radical (unpaired) electrons. The van der Waals surface area contributed by atoms with Crippen LogP contribution in [-0.2, 0) is 16.4 Å². The summed E-state index contributed by atoms with van der Waals surface area (Å²) in [6.45, 7) is 2.60. The van der Waals surface area contributed by atoms with E-state index < -0.39 is 16.0 Å². The molecule has 6 heteroatoms. The molecule has 0 atom stereocenters. The summed E-state index contributed by atoms with van der Waals surface area (Å²) in [5.74, 6) is -1.10. The molecule has 0 saturated heterocycles. The number of aromatic carboxylic acids is 1. The average molecular weight is 295 g/mol. The predicted octanol–water partition coefficient (Wildman–Crippen LogP) is 1.90. The van der Waals surface area contributed by atoms with E-state index in [2.05, 4.69) is 0 Å². The Kier molecular flexibility index (Phi) is 4.25. The van der Waals surface area contributed by atoms with Gasteiger partial charge in [0, 0.05) is 13.1 Å². The van der Waals surface area contributed by atoms with Crippen molar-refractivity contribution in [2.45, 2.75) is 24.7 Å². The SMILES string of the molecule is CCc1ccc(S(=O)(=O)N2CC=CCC2)cc1C(=O)O. The molecule has 0 saturated carbocycles. The van der Waals surface area contributed by atoms with Gasteiger partial charge in [-0.15, -0.1) is 0 Å². The van der Waals surface area contributed by atoms with Crippen LogP contribution < -0.4 is 0 Å². The fourth-order valence-electron chi connectivity index (χ4n) is 2.21. The molecule has 0 aromatic heterocycles. The molecule has 1 aliphatic heterocycles. The molecule has 2 rings (SSSR count). The third-order valence-corrected chi connectivity index (χ3v) is 5.21. The summed E-state index contributed by atoms with van der Waals surface area (Å²) in [6, 6.07) is 4.32. The van der Waals surface area contributed by atoms with Crippen molar-refractivity contribution in [3.05, 3.63) is 41.5 Å². The number of sulfonamides is 1. The Balaban J connectivity index is 2.44. The molecule has 108 valence electrons. The number of nitrogens with zero attached hydrogens (tertiary/aromatic N) is 1. The highest BCUT2D eigenvalue weighted by molar-refractivity contribution is 7.89. The molecule has 0 aliphatic carbocycles. The lowest BCUT2D eigenvalue weighted by molar-refractivity contribution is 0.0695. The van der Waals surface area contributed by atoms with Gasteiger partial charge in [-0.2, -0.15) is 4.31 Å². The van der Waals surface area contributed by atoms with Gasteiger partial charge in [-0.05, 0) is 30.5 Å². The molecule has 1 aromatic rings. The van der Waals surface area contributed by atoms with Gasteiger partial charge < -0.3 is 5.11 Å². The third kappa shape index (κ3) is 2.76. The van der Waals surface area contributed by atoms with Crippen LogP contribution in [0, 0.1) is 0 Å². The monoisotopic (exact) mass is 295 g/mol. The Hall–Kier alpha value is -1.66. The summed E-state index contributed by atoms with van der Waals surface area (Å²) in [7, 11) is -3.62. The van der Waals surface area contributed by atoms with Crippen LogP contribution in [0.5, 0.6) is 0 Å². The van der Waals surface area contributed by atoms with Gasteiger partial charge in [0.05, 0.1) is 10.5 Å². The molecule has 0 fully saturated rings. The number of benzene rings is 1. The summed E-state index contributed by atoms with van der Waals surface area (Å²) in [5.41, 5.74) is 0.691. The number of carboxylic acids is 1. The molecule has 1 N–H and O–H groups in total. The van der Waals surface area contributed by atoms with Crippen LogP contribution in [0.2, 0.25) is 0 Å². The molecule has 0 bridgehead atoms. The highest BCUT2D eigenvalue weighted by Gasteiger charge is 2.25. The fraction of sp³-hybridized carbons (Fsp3) is 0.357. The minimum absolute atomic E-state index is 0.0439. The zero-order valence-electron chi connectivity index (χ0n) is 11.2. The number of hydrogen-bond acceptors (Lipinski definition) is 3. The summed E-state index contributed by atoms with van der Waals surface area (Å²) in [4.78, 5) is 11.3. The van der Waals surface area contributed by atoms with Crippen LogP contribution in [-0.4, -0.2) is 36.9 Å². The summed E-state index contributed by atoms with van der Waals surface area (Å²) >= 11 is 0. The van der Waals surface area contributed by atoms with Crippen LogP contribution in [0.15, 0.2) is 35.2 Å². The average Bonchev–Trinajstić information content (AvgIpc) is 2.47. The second kappa shape index (κ2) is 5.76. The van der Waals surface area contributed by atoms with Crippen molar-refractivity contribution >= 4 is 16.0 Å². The van der Waals surface area contributed by atoms with Crippen molar-refractivity contribution in [2.24, 2.45) is 0 Å². The highest BCUT2D eigenvalue weighted by Crippen LogP contribution is 2.21. The van der Waals surface area contributed by atoms with Gasteiger partial charge in [-0.1, -0.05) is 25.1 Å². The maximum Gasteiger partial charge on any atom is 0.336 e. The number of carboxylic acid groups (broad SMARTS) is 1. The van der Waals surface area contributed by atoms with Crippen molar-refractivity contribution in [3.63, 3.8) is 0 Å². The Morgan fingerprint density at radius 1 is 1.35 bits per heavy atom. The van der Waals surface area contributed by atoms with E-state index in [-0.39, 0.29) is 10.5 Å². The second-order valence-corrected chi connectivity index (χ2v) is 6.54. The molecule has 5 nitrogen and oxygen atoms in total. The van der Waals surface area contributed by atoms with Gasteiger partial charge in [0.1, 0.15) is 0 Å². The first-order chi connectivity index (χ1) is 9.46. The van der Waals surface area contributed by atoms with Crippen molar-refractivity contribution in [1.29, 1.82) is 0 Å². The van der Waals surface area contributed by atoms with E-state index in [0.29, 0.717) is 31.5 Å². The number of carbonyl (C=O) groups is 1. The second-order valence-electron chi connectivity index (χ2n) is 4.60. The Bertz CT molecular complexity index is 649. The molecule has 20 heavy (non-hydrogen) atoms. The standard InChI is InChI=1S/C14H17NO4S/c1-2-11-6-7-12(10-13(11)14(16)17)20(18,19)15-8-4-3-5-9-15/h3-4,6-7,10H,2,5,8-9H2,1H3,(H,16,17). The van der Waals surface area contributed by atoms with Crippen LogP contribution >= 0.6 is 0 Å². The van der Waals surface area contributed by atoms with E-state index in [9.17, 15) is 18.3 Å². The van der Waals surface area contributed by atoms with Crippen LogP contribution in [0.1, 0.15) is 29.3 Å². The minimum atomic E-state index is -3.62. The zero-order valence-corrected chi connectivity index (χ0v) is 12.1. The Morgan fingerprint density at radius 2 is 2.10 bits per heavy atom. The smallest absolute Gasteiger partial charge is 0.336 e. The summed E-state index contributed by atoms with van der Waals surface area (Å²) in [5, 5.41) is 9.18. The maximum absolute atomic E-state index is 12.5. The maximum atomic E-state index is 12.5. The van der Waals surface area contributed by atoms with E-state index >= 15 is 0 Å². The molecule has 1 aliphatic rings. The quantitative estimate of drug-likeness (QED) is 0.861. The summed E-state index contributed by atoms with van der Waals surface area (Å²) < 4.78 is 26.3. The normalized spacial score (nSPS) is 16.2. The molecular weight excluding hydrogens is 278 g/mol. The largest absolute Gasteiger partial charge is 0.478 e. The van der Waals surface area contributed by atoms with E-state index in [4.69, 9.17) is 0 Å². The van der Waals surface area contributed by atoms with Gasteiger partial charge >= 0.3 is 5.97 Å². The first-order valence-corrected chi connectivity index (χ1v) is 7.92. The lowest BCUT2D eigenvalue weighted by Crippen LogP contribution is -2.33. The molecule has 1 heterocycles. The molecule has 0 amide bonds. The Morgan fingerprint density at radius 3 is 2.65 bits per heavy atom. The van der Waals surface area contributed by atoms with Gasteiger partial charge in [0.2, 0.25) is 10.0 Å². The van der Waals surface area contributed by atoms with Crippen LogP contribution in [0.4, 0.5) is 0 Å². The Labute approximate surface area is 118 Å². The molecule has 0 unspecified atom stereocenters. The van der Waals surface area contributed by atoms with E-state index in [1.807, 2.05) is 13.0 Å². The van der Waals surface area contributed by atoms with Gasteiger partial charge in [0.15, 0.2) is 0 Å². The third-order valence-electron chi connectivity index (χ3n) is 3.35.